The van der Waals surface area contributed by atoms with Crippen LogP contribution in [0.2, 0.25) is 0 Å². The molecule has 0 saturated heterocycles. The Morgan fingerprint density at radius 1 is 1.55 bits per heavy atom. The smallest absolute Gasteiger partial charge is 0.0637 e. The van der Waals surface area contributed by atoms with Gasteiger partial charge >= 0.3 is 0 Å². The Bertz CT molecular complexity index is 261. The second-order valence-electron chi connectivity index (χ2n) is 2.16. The van der Waals surface area contributed by atoms with E-state index in [1.54, 1.807) is 12.3 Å². The zero-order valence-electron chi connectivity index (χ0n) is 6.19. The molecule has 0 bridgehead atoms. The molecule has 11 heavy (non-hydrogen) atoms. The first kappa shape index (κ1) is 8.27. The summed E-state index contributed by atoms with van der Waals surface area (Å²) in [6, 6.07) is 0. The van der Waals surface area contributed by atoms with E-state index in [-0.39, 0.29) is 0 Å². The summed E-state index contributed by atoms with van der Waals surface area (Å²) in [5, 5.41) is 10.4. The molecule has 0 amide bonds. The molecule has 1 rings (SSSR count). The van der Waals surface area contributed by atoms with Crippen LogP contribution < -0.4 is 5.32 Å². The summed E-state index contributed by atoms with van der Waals surface area (Å²) in [7, 11) is 1.82. The van der Waals surface area contributed by atoms with Gasteiger partial charge in [-0.15, -0.1) is 0 Å². The molecule has 0 atom stereocenters. The van der Waals surface area contributed by atoms with E-state index < -0.39 is 0 Å². The first-order chi connectivity index (χ1) is 5.24. The van der Waals surface area contributed by atoms with Gasteiger partial charge < -0.3 is 10.7 Å². The van der Waals surface area contributed by atoms with Gasteiger partial charge in [0.05, 0.1) is 5.71 Å². The van der Waals surface area contributed by atoms with E-state index >= 15 is 0 Å². The highest BCUT2D eigenvalue weighted by molar-refractivity contribution is 9.11. The van der Waals surface area contributed by atoms with Gasteiger partial charge in [-0.2, -0.15) is 0 Å². The molecule has 0 aromatic carbocycles. The second kappa shape index (κ2) is 3.53. The molecule has 1 aliphatic rings. The average Bonchev–Trinajstić information content (AvgIpc) is 1.95. The lowest BCUT2D eigenvalue weighted by atomic mass is 10.1. The average molecular weight is 213 g/mol. The molecule has 3 heteroatoms. The lowest BCUT2D eigenvalue weighted by Gasteiger charge is -2.05. The predicted molar refractivity (Wildman–Crippen MR) is 51.0 cm³/mol. The number of hydrogen-bond acceptors (Lipinski definition) is 2. The fourth-order valence-corrected chi connectivity index (χ4v) is 1.17. The highest BCUT2D eigenvalue weighted by Crippen LogP contribution is 2.16. The van der Waals surface area contributed by atoms with Crippen molar-refractivity contribution in [3.63, 3.8) is 0 Å². The number of rotatable bonds is 1. The van der Waals surface area contributed by atoms with Crippen molar-refractivity contribution in [2.45, 2.75) is 0 Å². The van der Waals surface area contributed by atoms with Crippen LogP contribution in [0.15, 0.2) is 34.5 Å². The van der Waals surface area contributed by atoms with Crippen LogP contribution in [0.5, 0.6) is 0 Å². The molecular weight excluding hydrogens is 204 g/mol. The van der Waals surface area contributed by atoms with Gasteiger partial charge in [-0.25, -0.2) is 0 Å². The third kappa shape index (κ3) is 2.05. The first-order valence-corrected chi connectivity index (χ1v) is 4.05. The standard InChI is InChI=1S/C8H9BrN2/c1-11-5-6-2-3-7(9)4-8(6)10/h2-5,10-11H,1H3/b6-5-,10-8?. The molecule has 0 saturated carbocycles. The van der Waals surface area contributed by atoms with Crippen molar-refractivity contribution in [2.75, 3.05) is 7.05 Å². The van der Waals surface area contributed by atoms with Crippen LogP contribution in [0.3, 0.4) is 0 Å². The maximum atomic E-state index is 7.51. The summed E-state index contributed by atoms with van der Waals surface area (Å²) < 4.78 is 0.941. The highest BCUT2D eigenvalue weighted by atomic mass is 79.9. The maximum absolute atomic E-state index is 7.51. The maximum Gasteiger partial charge on any atom is 0.0637 e. The van der Waals surface area contributed by atoms with Gasteiger partial charge in [-0.3, -0.25) is 0 Å². The van der Waals surface area contributed by atoms with Crippen molar-refractivity contribution in [3.05, 3.63) is 34.5 Å². The molecule has 0 aromatic heterocycles. The van der Waals surface area contributed by atoms with Gasteiger partial charge in [0.15, 0.2) is 0 Å². The molecular formula is C8H9BrN2. The first-order valence-electron chi connectivity index (χ1n) is 3.25. The van der Waals surface area contributed by atoms with Crippen LogP contribution in [-0.2, 0) is 0 Å². The molecule has 0 unspecified atom stereocenters. The zero-order chi connectivity index (χ0) is 8.27. The van der Waals surface area contributed by atoms with Crippen LogP contribution in [-0.4, -0.2) is 12.8 Å². The van der Waals surface area contributed by atoms with Gasteiger partial charge in [0.2, 0.25) is 0 Å². The summed E-state index contributed by atoms with van der Waals surface area (Å²) in [6.45, 7) is 0. The van der Waals surface area contributed by atoms with E-state index in [9.17, 15) is 0 Å². The van der Waals surface area contributed by atoms with E-state index in [1.807, 2.05) is 19.2 Å². The lowest BCUT2D eigenvalue weighted by molar-refractivity contribution is 1.09. The largest absolute Gasteiger partial charge is 0.393 e. The minimum Gasteiger partial charge on any atom is -0.393 e. The van der Waals surface area contributed by atoms with Crippen LogP contribution in [0.25, 0.3) is 0 Å². The molecule has 2 N–H and O–H groups in total. The van der Waals surface area contributed by atoms with Crippen LogP contribution in [0, 0.1) is 5.41 Å². The predicted octanol–water partition coefficient (Wildman–Crippen LogP) is 1.96. The molecule has 0 aromatic rings. The minimum atomic E-state index is 0.522. The number of hydrogen-bond donors (Lipinski definition) is 2. The Morgan fingerprint density at radius 2 is 2.27 bits per heavy atom. The van der Waals surface area contributed by atoms with E-state index in [0.29, 0.717) is 5.71 Å². The minimum absolute atomic E-state index is 0.522. The summed E-state index contributed by atoms with van der Waals surface area (Å²) >= 11 is 3.29. The Morgan fingerprint density at radius 3 is 2.82 bits per heavy atom. The van der Waals surface area contributed by atoms with Gasteiger partial charge in [0.25, 0.3) is 0 Å². The van der Waals surface area contributed by atoms with Gasteiger partial charge in [0, 0.05) is 23.3 Å². The molecule has 0 radical (unpaired) electrons. The Hall–Kier alpha value is -0.830. The molecule has 0 fully saturated rings. The molecule has 0 spiro atoms. The third-order valence-electron chi connectivity index (χ3n) is 1.32. The van der Waals surface area contributed by atoms with Crippen LogP contribution in [0.4, 0.5) is 0 Å². The van der Waals surface area contributed by atoms with E-state index in [0.717, 1.165) is 10.1 Å². The fraction of sp³-hybridized carbons (Fsp3) is 0.125. The van der Waals surface area contributed by atoms with Crippen molar-refractivity contribution < 1.29 is 0 Å². The number of halogens is 1. The summed E-state index contributed by atoms with van der Waals surface area (Å²) in [5.74, 6) is 0. The van der Waals surface area contributed by atoms with Crippen molar-refractivity contribution in [1.82, 2.24) is 5.32 Å². The third-order valence-corrected chi connectivity index (χ3v) is 1.81. The van der Waals surface area contributed by atoms with Gasteiger partial charge in [-0.1, -0.05) is 22.0 Å². The van der Waals surface area contributed by atoms with Crippen molar-refractivity contribution in [1.29, 1.82) is 5.41 Å². The molecule has 58 valence electrons. The Kier molecular flexibility index (Phi) is 2.65. The second-order valence-corrected chi connectivity index (χ2v) is 3.08. The number of nitrogens with one attached hydrogen (secondary N) is 2. The SMILES string of the molecule is CN/C=C1/C=CC(Br)=CC1=N. The van der Waals surface area contributed by atoms with Crippen LogP contribution >= 0.6 is 15.9 Å². The lowest BCUT2D eigenvalue weighted by Crippen LogP contribution is -2.04. The fourth-order valence-electron chi connectivity index (χ4n) is 0.810. The highest BCUT2D eigenvalue weighted by Gasteiger charge is 2.03. The Labute approximate surface area is 74.3 Å². The normalized spacial score (nSPS) is 20.4. The monoisotopic (exact) mass is 212 g/mol. The topological polar surface area (TPSA) is 35.9 Å². The quantitative estimate of drug-likeness (QED) is 0.686. The van der Waals surface area contributed by atoms with Crippen molar-refractivity contribution in [2.24, 2.45) is 0 Å². The molecule has 1 aliphatic carbocycles. The van der Waals surface area contributed by atoms with E-state index in [1.165, 1.54) is 0 Å². The molecule has 0 aliphatic heterocycles. The van der Waals surface area contributed by atoms with E-state index in [2.05, 4.69) is 21.2 Å². The summed E-state index contributed by atoms with van der Waals surface area (Å²) in [5.41, 5.74) is 1.42. The summed E-state index contributed by atoms with van der Waals surface area (Å²) in [6.07, 6.45) is 7.38. The zero-order valence-corrected chi connectivity index (χ0v) is 7.77. The van der Waals surface area contributed by atoms with Crippen LogP contribution in [0.1, 0.15) is 0 Å². The van der Waals surface area contributed by atoms with Gasteiger partial charge in [-0.05, 0) is 12.2 Å². The number of allylic oxidation sites excluding steroid dienone is 5. The molecule has 2 nitrogen and oxygen atoms in total. The molecule has 0 heterocycles. The van der Waals surface area contributed by atoms with Gasteiger partial charge in [0.1, 0.15) is 0 Å². The Balaban J connectivity index is 2.86. The van der Waals surface area contributed by atoms with Crippen molar-refractivity contribution >= 4 is 21.6 Å². The van der Waals surface area contributed by atoms with E-state index in [4.69, 9.17) is 5.41 Å². The summed E-state index contributed by atoms with van der Waals surface area (Å²) in [4.78, 5) is 0. The van der Waals surface area contributed by atoms with Crippen molar-refractivity contribution in [3.8, 4) is 0 Å².